The Morgan fingerprint density at radius 1 is 1.50 bits per heavy atom. The first kappa shape index (κ1) is 11.7. The zero-order chi connectivity index (χ0) is 11.9. The summed E-state index contributed by atoms with van der Waals surface area (Å²) in [4.78, 5) is 1.95. The normalized spacial score (nSPS) is 21.8. The molecule has 1 aromatic carbocycles. The fraction of sp³-hybridized carbons (Fsp3) is 0.500. The number of phenols is 1. The average molecular weight is 286 g/mol. The predicted molar refractivity (Wildman–Crippen MR) is 67.7 cm³/mol. The molecule has 0 bridgehead atoms. The number of rotatable bonds is 1. The fourth-order valence-electron chi connectivity index (χ4n) is 2.38. The van der Waals surface area contributed by atoms with Crippen molar-refractivity contribution in [2.75, 3.05) is 4.90 Å². The summed E-state index contributed by atoms with van der Waals surface area (Å²) in [6.07, 6.45) is 1.27. The molecule has 0 spiro atoms. The Kier molecular flexibility index (Phi) is 3.13. The summed E-state index contributed by atoms with van der Waals surface area (Å²) in [5.41, 5.74) is 1.86. The van der Waals surface area contributed by atoms with E-state index in [0.717, 1.165) is 24.1 Å². The van der Waals surface area contributed by atoms with E-state index in [1.54, 1.807) is 6.92 Å². The number of fused-ring (bicyclic) bond motifs is 1. The van der Waals surface area contributed by atoms with Crippen molar-refractivity contribution in [1.82, 2.24) is 0 Å². The van der Waals surface area contributed by atoms with Crippen molar-refractivity contribution < 1.29 is 10.2 Å². The number of benzene rings is 1. The Morgan fingerprint density at radius 3 is 2.81 bits per heavy atom. The fourth-order valence-corrected chi connectivity index (χ4v) is 2.76. The van der Waals surface area contributed by atoms with Gasteiger partial charge in [0.1, 0.15) is 12.0 Å². The van der Waals surface area contributed by atoms with Crippen molar-refractivity contribution in [3.63, 3.8) is 0 Å². The van der Waals surface area contributed by atoms with Crippen molar-refractivity contribution >= 4 is 21.6 Å². The maximum absolute atomic E-state index is 9.97. The van der Waals surface area contributed by atoms with Crippen molar-refractivity contribution in [3.05, 3.63) is 22.2 Å². The summed E-state index contributed by atoms with van der Waals surface area (Å²) >= 11 is 3.32. The molecule has 0 aromatic heterocycles. The van der Waals surface area contributed by atoms with Gasteiger partial charge in [-0.3, -0.25) is 0 Å². The quantitative estimate of drug-likeness (QED) is 0.834. The molecule has 3 nitrogen and oxygen atoms in total. The minimum absolute atomic E-state index is 0.299. The molecule has 2 atom stereocenters. The lowest BCUT2D eigenvalue weighted by atomic mass is 9.95. The number of hydrogen-bond donors (Lipinski definition) is 2. The molecule has 0 aliphatic carbocycles. The van der Waals surface area contributed by atoms with E-state index in [0.29, 0.717) is 16.3 Å². The topological polar surface area (TPSA) is 43.7 Å². The van der Waals surface area contributed by atoms with E-state index < -0.39 is 6.23 Å². The van der Waals surface area contributed by atoms with Crippen molar-refractivity contribution in [2.45, 2.75) is 39.0 Å². The van der Waals surface area contributed by atoms with E-state index in [1.807, 2.05) is 17.0 Å². The van der Waals surface area contributed by atoms with Gasteiger partial charge in [0.2, 0.25) is 0 Å². The maximum atomic E-state index is 9.97. The molecule has 0 radical (unpaired) electrons. The Hall–Kier alpha value is -0.740. The van der Waals surface area contributed by atoms with Crippen LogP contribution in [0.5, 0.6) is 5.75 Å². The second-order valence-electron chi connectivity index (χ2n) is 4.32. The van der Waals surface area contributed by atoms with Gasteiger partial charge in [-0.2, -0.15) is 0 Å². The van der Waals surface area contributed by atoms with E-state index in [1.165, 1.54) is 0 Å². The molecule has 0 fully saturated rings. The molecule has 2 rings (SSSR count). The van der Waals surface area contributed by atoms with Gasteiger partial charge < -0.3 is 15.1 Å². The standard InChI is InChI=1S/C12H16BrNO2/c1-7-3-4-9-11(14(7)8(2)15)6-5-10(13)12(9)16/h5-8,15-16H,3-4H2,1-2H3. The number of nitrogens with zero attached hydrogens (tertiary/aromatic N) is 1. The lowest BCUT2D eigenvalue weighted by Gasteiger charge is -2.39. The molecule has 16 heavy (non-hydrogen) atoms. The van der Waals surface area contributed by atoms with Crippen LogP contribution < -0.4 is 4.90 Å². The first-order chi connectivity index (χ1) is 7.52. The van der Waals surface area contributed by atoms with Crippen molar-refractivity contribution in [1.29, 1.82) is 0 Å². The van der Waals surface area contributed by atoms with Crippen LogP contribution in [-0.4, -0.2) is 22.5 Å². The molecular weight excluding hydrogens is 270 g/mol. The smallest absolute Gasteiger partial charge is 0.135 e. The predicted octanol–water partition coefficient (Wildman–Crippen LogP) is 2.63. The third kappa shape index (κ3) is 1.80. The molecule has 1 aromatic rings. The summed E-state index contributed by atoms with van der Waals surface area (Å²) in [5.74, 6) is 0.301. The monoisotopic (exact) mass is 285 g/mol. The van der Waals surface area contributed by atoms with Crippen LogP contribution >= 0.6 is 15.9 Å². The van der Waals surface area contributed by atoms with Crippen LogP contribution in [0, 0.1) is 0 Å². The van der Waals surface area contributed by atoms with Crippen LogP contribution in [0.1, 0.15) is 25.8 Å². The molecule has 4 heteroatoms. The molecule has 1 aliphatic heterocycles. The molecule has 0 saturated heterocycles. The third-order valence-electron chi connectivity index (χ3n) is 3.18. The van der Waals surface area contributed by atoms with Gasteiger partial charge in [-0.25, -0.2) is 0 Å². The SMILES string of the molecule is CC(O)N1c2ccc(Br)c(O)c2CCC1C. The highest BCUT2D eigenvalue weighted by Crippen LogP contribution is 2.40. The zero-order valence-electron chi connectivity index (χ0n) is 9.44. The number of hydrogen-bond acceptors (Lipinski definition) is 3. The average Bonchev–Trinajstić information content (AvgIpc) is 2.22. The first-order valence-corrected chi connectivity index (χ1v) is 6.28. The molecule has 0 amide bonds. The summed E-state index contributed by atoms with van der Waals surface area (Å²) < 4.78 is 0.714. The second-order valence-corrected chi connectivity index (χ2v) is 5.17. The van der Waals surface area contributed by atoms with E-state index in [9.17, 15) is 10.2 Å². The van der Waals surface area contributed by atoms with E-state index in [4.69, 9.17) is 0 Å². The van der Waals surface area contributed by atoms with Gasteiger partial charge in [-0.05, 0) is 54.8 Å². The minimum Gasteiger partial charge on any atom is -0.506 e. The Bertz CT molecular complexity index is 406. The molecule has 1 heterocycles. The van der Waals surface area contributed by atoms with Gasteiger partial charge in [0, 0.05) is 17.3 Å². The lowest BCUT2D eigenvalue weighted by molar-refractivity contribution is 0.174. The number of halogens is 1. The second kappa shape index (κ2) is 4.26. The van der Waals surface area contributed by atoms with Gasteiger partial charge in [0.25, 0.3) is 0 Å². The van der Waals surface area contributed by atoms with Crippen LogP contribution in [0.25, 0.3) is 0 Å². The Labute approximate surface area is 104 Å². The summed E-state index contributed by atoms with van der Waals surface area (Å²) in [6.45, 7) is 3.85. The number of aliphatic hydroxyl groups excluding tert-OH is 1. The lowest BCUT2D eigenvalue weighted by Crippen LogP contribution is -2.43. The van der Waals surface area contributed by atoms with Crippen LogP contribution in [0.3, 0.4) is 0 Å². The molecule has 88 valence electrons. The van der Waals surface area contributed by atoms with E-state index >= 15 is 0 Å². The number of anilines is 1. The van der Waals surface area contributed by atoms with Gasteiger partial charge in [0.15, 0.2) is 0 Å². The van der Waals surface area contributed by atoms with Gasteiger partial charge in [-0.15, -0.1) is 0 Å². The summed E-state index contributed by atoms with van der Waals surface area (Å²) in [5, 5.41) is 19.8. The van der Waals surface area contributed by atoms with Crippen LogP contribution in [0.15, 0.2) is 16.6 Å². The summed E-state index contributed by atoms with van der Waals surface area (Å²) in [7, 11) is 0. The van der Waals surface area contributed by atoms with Crippen LogP contribution in [0.4, 0.5) is 5.69 Å². The number of phenolic OH excluding ortho intramolecular Hbond substituents is 1. The highest BCUT2D eigenvalue weighted by atomic mass is 79.9. The van der Waals surface area contributed by atoms with Crippen LogP contribution in [0.2, 0.25) is 0 Å². The zero-order valence-corrected chi connectivity index (χ0v) is 11.0. The maximum Gasteiger partial charge on any atom is 0.135 e. The summed E-state index contributed by atoms with van der Waals surface area (Å²) in [6, 6.07) is 4.07. The van der Waals surface area contributed by atoms with E-state index in [-0.39, 0.29) is 0 Å². The third-order valence-corrected chi connectivity index (χ3v) is 3.82. The highest BCUT2D eigenvalue weighted by Gasteiger charge is 2.28. The van der Waals surface area contributed by atoms with Crippen molar-refractivity contribution in [3.8, 4) is 5.75 Å². The van der Waals surface area contributed by atoms with Gasteiger partial charge >= 0.3 is 0 Å². The van der Waals surface area contributed by atoms with Gasteiger partial charge in [0.05, 0.1) is 4.47 Å². The minimum atomic E-state index is -0.533. The highest BCUT2D eigenvalue weighted by molar-refractivity contribution is 9.10. The molecule has 2 unspecified atom stereocenters. The number of aliphatic hydroxyl groups is 1. The van der Waals surface area contributed by atoms with Crippen LogP contribution in [-0.2, 0) is 6.42 Å². The molecule has 1 aliphatic rings. The Balaban J connectivity index is 2.53. The largest absolute Gasteiger partial charge is 0.506 e. The number of aromatic hydroxyl groups is 1. The first-order valence-electron chi connectivity index (χ1n) is 5.49. The van der Waals surface area contributed by atoms with E-state index in [2.05, 4.69) is 22.9 Å². The Morgan fingerprint density at radius 2 is 2.19 bits per heavy atom. The van der Waals surface area contributed by atoms with Gasteiger partial charge in [-0.1, -0.05) is 0 Å². The molecular formula is C12H16BrNO2. The molecule has 2 N–H and O–H groups in total. The van der Waals surface area contributed by atoms with Crippen molar-refractivity contribution in [2.24, 2.45) is 0 Å². The molecule has 0 saturated carbocycles.